The number of benzene rings is 3. The highest BCUT2D eigenvalue weighted by atomic mass is 19.1. The van der Waals surface area contributed by atoms with Crippen LogP contribution >= 0.6 is 0 Å². The molecule has 3 aromatic carbocycles. The first kappa shape index (κ1) is 27.9. The SMILES string of the molecule is CC(=O)N(CCCN(C)C)c1ccc(N=C(c2ccc(N3CCOC3=O)cc2)c2c(O)[nH]c3cc(F)ccc23)cc1. The van der Waals surface area contributed by atoms with Crippen molar-refractivity contribution in [3.05, 3.63) is 83.7 Å². The van der Waals surface area contributed by atoms with Gasteiger partial charge in [0.1, 0.15) is 12.4 Å². The number of anilines is 2. The van der Waals surface area contributed by atoms with Crippen molar-refractivity contribution in [3.8, 4) is 5.88 Å². The van der Waals surface area contributed by atoms with Crippen LogP contribution in [-0.4, -0.2) is 73.0 Å². The third kappa shape index (κ3) is 6.07. The number of nitrogens with one attached hydrogen (secondary N) is 1. The van der Waals surface area contributed by atoms with Gasteiger partial charge in [-0.3, -0.25) is 9.69 Å². The number of cyclic esters (lactones) is 1. The zero-order chi connectivity index (χ0) is 29.1. The predicted molar refractivity (Wildman–Crippen MR) is 158 cm³/mol. The maximum atomic E-state index is 13.9. The number of aromatic nitrogens is 1. The second-order valence-electron chi connectivity index (χ2n) is 10.2. The first-order valence-electron chi connectivity index (χ1n) is 13.4. The minimum absolute atomic E-state index is 0.0429. The van der Waals surface area contributed by atoms with Gasteiger partial charge in [-0.1, -0.05) is 12.1 Å². The van der Waals surface area contributed by atoms with Crippen molar-refractivity contribution in [1.29, 1.82) is 0 Å². The number of ether oxygens (including phenoxy) is 1. The van der Waals surface area contributed by atoms with Crippen LogP contribution in [0.2, 0.25) is 0 Å². The molecule has 10 heteroatoms. The molecule has 0 atom stereocenters. The van der Waals surface area contributed by atoms with Gasteiger partial charge in [0, 0.05) is 35.8 Å². The van der Waals surface area contributed by atoms with E-state index in [0.717, 1.165) is 18.7 Å². The first-order chi connectivity index (χ1) is 19.7. The van der Waals surface area contributed by atoms with Gasteiger partial charge in [0.2, 0.25) is 5.91 Å². The molecular formula is C31H32FN5O4. The lowest BCUT2D eigenvalue weighted by atomic mass is 10.00. The van der Waals surface area contributed by atoms with Crippen LogP contribution in [0.15, 0.2) is 71.7 Å². The van der Waals surface area contributed by atoms with Crippen molar-refractivity contribution in [2.75, 3.05) is 50.1 Å². The number of aromatic hydroxyl groups is 1. The highest BCUT2D eigenvalue weighted by Crippen LogP contribution is 2.33. The fraction of sp³-hybridized carbons (Fsp3) is 0.258. The molecule has 1 fully saturated rings. The van der Waals surface area contributed by atoms with E-state index in [-0.39, 0.29) is 11.8 Å². The molecule has 1 aliphatic rings. The summed E-state index contributed by atoms with van der Waals surface area (Å²) in [5, 5.41) is 11.5. The molecule has 2 heterocycles. The van der Waals surface area contributed by atoms with E-state index in [1.54, 1.807) is 34.9 Å². The van der Waals surface area contributed by atoms with E-state index in [1.165, 1.54) is 12.1 Å². The van der Waals surface area contributed by atoms with Crippen LogP contribution in [0.3, 0.4) is 0 Å². The number of amides is 2. The van der Waals surface area contributed by atoms with E-state index in [1.807, 2.05) is 50.5 Å². The molecule has 0 unspecified atom stereocenters. The third-order valence-corrected chi connectivity index (χ3v) is 6.96. The smallest absolute Gasteiger partial charge is 0.414 e. The summed E-state index contributed by atoms with van der Waals surface area (Å²) >= 11 is 0. The molecule has 4 aromatic rings. The predicted octanol–water partition coefficient (Wildman–Crippen LogP) is 5.44. The molecule has 0 saturated carbocycles. The standard InChI is InChI=1S/C31H32FN5O4/c1-20(38)36(16-4-15-35(2)3)24-12-8-23(9-13-24)33-29(28-26-14-7-22(32)19-27(26)34-30(28)39)21-5-10-25(11-6-21)37-17-18-41-31(37)40/h5-14,19,34,39H,4,15-18H2,1-3H3. The Labute approximate surface area is 237 Å². The number of fused-ring (bicyclic) bond motifs is 1. The molecule has 5 rings (SSSR count). The van der Waals surface area contributed by atoms with Crippen LogP contribution in [0.4, 0.5) is 26.2 Å². The number of aliphatic imine (C=N–C) groups is 1. The van der Waals surface area contributed by atoms with Gasteiger partial charge in [-0.05, 0) is 81.7 Å². The number of halogens is 1. The maximum absolute atomic E-state index is 13.9. The Bertz CT molecular complexity index is 1600. The summed E-state index contributed by atoms with van der Waals surface area (Å²) in [6, 6.07) is 18.8. The summed E-state index contributed by atoms with van der Waals surface area (Å²) in [6.07, 6.45) is 0.437. The highest BCUT2D eigenvalue weighted by molar-refractivity contribution is 6.22. The number of carbonyl (C=O) groups is 2. The minimum atomic E-state index is -0.429. The van der Waals surface area contributed by atoms with Crippen molar-refractivity contribution in [2.24, 2.45) is 4.99 Å². The molecule has 2 amide bonds. The summed E-state index contributed by atoms with van der Waals surface area (Å²) in [7, 11) is 4.00. The second kappa shape index (κ2) is 11.8. The minimum Gasteiger partial charge on any atom is -0.494 e. The average Bonchev–Trinajstić information content (AvgIpc) is 3.51. The van der Waals surface area contributed by atoms with Gasteiger partial charge in [-0.2, -0.15) is 0 Å². The first-order valence-corrected chi connectivity index (χ1v) is 13.4. The van der Waals surface area contributed by atoms with Gasteiger partial charge in [0.25, 0.3) is 0 Å². The monoisotopic (exact) mass is 557 g/mol. The van der Waals surface area contributed by atoms with E-state index in [2.05, 4.69) is 9.88 Å². The van der Waals surface area contributed by atoms with Crippen LogP contribution < -0.4 is 9.80 Å². The summed E-state index contributed by atoms with van der Waals surface area (Å²) in [4.78, 5) is 37.5. The Morgan fingerprint density at radius 3 is 2.44 bits per heavy atom. The van der Waals surface area contributed by atoms with Crippen molar-refractivity contribution in [3.63, 3.8) is 0 Å². The quantitative estimate of drug-likeness (QED) is 0.267. The third-order valence-electron chi connectivity index (χ3n) is 6.96. The number of rotatable bonds is 9. The molecule has 0 radical (unpaired) electrons. The van der Waals surface area contributed by atoms with E-state index in [4.69, 9.17) is 9.73 Å². The molecule has 1 saturated heterocycles. The molecule has 41 heavy (non-hydrogen) atoms. The van der Waals surface area contributed by atoms with E-state index in [9.17, 15) is 19.1 Å². The van der Waals surface area contributed by atoms with Crippen LogP contribution in [0, 0.1) is 5.82 Å². The number of carbonyl (C=O) groups excluding carboxylic acids is 2. The number of hydrogen-bond acceptors (Lipinski definition) is 6. The normalized spacial score (nSPS) is 13.7. The Kier molecular flexibility index (Phi) is 8.02. The van der Waals surface area contributed by atoms with E-state index in [0.29, 0.717) is 58.8 Å². The molecule has 1 aromatic heterocycles. The number of hydrogen-bond donors (Lipinski definition) is 2. The maximum Gasteiger partial charge on any atom is 0.414 e. The van der Waals surface area contributed by atoms with Crippen LogP contribution in [0.1, 0.15) is 24.5 Å². The van der Waals surface area contributed by atoms with E-state index < -0.39 is 11.9 Å². The Morgan fingerprint density at radius 2 is 1.80 bits per heavy atom. The highest BCUT2D eigenvalue weighted by Gasteiger charge is 2.24. The molecule has 9 nitrogen and oxygen atoms in total. The zero-order valence-electron chi connectivity index (χ0n) is 23.2. The zero-order valence-corrected chi connectivity index (χ0v) is 23.2. The van der Waals surface area contributed by atoms with Gasteiger partial charge in [0.05, 0.1) is 29.0 Å². The number of aromatic amines is 1. The Hall–Kier alpha value is -4.70. The summed E-state index contributed by atoms with van der Waals surface area (Å²) in [5.41, 5.74) is 4.05. The number of nitrogens with zero attached hydrogens (tertiary/aromatic N) is 4. The molecular weight excluding hydrogens is 525 g/mol. The molecule has 2 N–H and O–H groups in total. The molecule has 212 valence electrons. The second-order valence-corrected chi connectivity index (χ2v) is 10.2. The average molecular weight is 558 g/mol. The van der Waals surface area contributed by atoms with Crippen molar-refractivity contribution >= 4 is 45.7 Å². The number of H-pyrrole nitrogens is 1. The van der Waals surface area contributed by atoms with Gasteiger partial charge in [0.15, 0.2) is 5.88 Å². The summed E-state index contributed by atoms with van der Waals surface area (Å²) in [6.45, 7) is 3.81. The molecule has 0 aliphatic carbocycles. The molecule has 1 aliphatic heterocycles. The van der Waals surface area contributed by atoms with Gasteiger partial charge >= 0.3 is 6.09 Å². The fourth-order valence-electron chi connectivity index (χ4n) is 4.94. The topological polar surface area (TPSA) is 101 Å². The molecule has 0 spiro atoms. The van der Waals surface area contributed by atoms with Crippen LogP contribution in [0.5, 0.6) is 5.88 Å². The van der Waals surface area contributed by atoms with Crippen molar-refractivity contribution in [1.82, 2.24) is 9.88 Å². The lowest BCUT2D eigenvalue weighted by molar-refractivity contribution is -0.116. The van der Waals surface area contributed by atoms with Crippen LogP contribution in [-0.2, 0) is 9.53 Å². The summed E-state index contributed by atoms with van der Waals surface area (Å²) < 4.78 is 19.0. The summed E-state index contributed by atoms with van der Waals surface area (Å²) in [5.74, 6) is -0.614. The molecule has 0 bridgehead atoms. The fourth-order valence-corrected chi connectivity index (χ4v) is 4.94. The van der Waals surface area contributed by atoms with Gasteiger partial charge in [-0.25, -0.2) is 14.2 Å². The van der Waals surface area contributed by atoms with Crippen molar-refractivity contribution < 1.29 is 23.8 Å². The van der Waals surface area contributed by atoms with Gasteiger partial charge in [-0.15, -0.1) is 0 Å². The lowest BCUT2D eigenvalue weighted by Gasteiger charge is -2.22. The largest absolute Gasteiger partial charge is 0.494 e. The Morgan fingerprint density at radius 1 is 1.07 bits per heavy atom. The van der Waals surface area contributed by atoms with Crippen LogP contribution in [0.25, 0.3) is 10.9 Å². The van der Waals surface area contributed by atoms with Gasteiger partial charge < -0.3 is 24.6 Å². The lowest BCUT2D eigenvalue weighted by Crippen LogP contribution is -2.31. The Balaban J connectivity index is 1.53. The van der Waals surface area contributed by atoms with E-state index >= 15 is 0 Å². The van der Waals surface area contributed by atoms with Crippen molar-refractivity contribution in [2.45, 2.75) is 13.3 Å².